The van der Waals surface area contributed by atoms with Gasteiger partial charge < -0.3 is 107 Å². The van der Waals surface area contributed by atoms with Gasteiger partial charge in [0.15, 0.2) is 44.3 Å². The van der Waals surface area contributed by atoms with Gasteiger partial charge in [-0.3, -0.25) is 24.5 Å². The van der Waals surface area contributed by atoms with Gasteiger partial charge in [-0.05, 0) is 218 Å². The lowest BCUT2D eigenvalue weighted by Gasteiger charge is -2.19. The number of hydrogen-bond donors (Lipinski definition) is 18. The predicted molar refractivity (Wildman–Crippen MR) is 584 cm³/mol. The Labute approximate surface area is 859 Å². The summed E-state index contributed by atoms with van der Waals surface area (Å²) in [5.41, 5.74) is 22.7. The number of carboxylic acids is 1. The average molecular weight is 2000 g/mol. The van der Waals surface area contributed by atoms with E-state index in [1.807, 2.05) is 72.7 Å². The van der Waals surface area contributed by atoms with Gasteiger partial charge in [-0.25, -0.2) is 0 Å². The van der Waals surface area contributed by atoms with E-state index < -0.39 is 55.3 Å². The SMILES string of the molecule is C/C=C(\C)CC(CO)n1cc(/C(=C\C(CC)C/C=C(\C)CCCCCCC)C(O)O)c(C(O)O)c1.C=CC(C)CCCCCC/C(C)=C/C(C=C)/C(C)=C(/C=O)c1cn(CC(=O)O)cc1C(O)O.C=CCCC(CC)CCCC/C(C)=C/C/C(CC)=C(/CC[NH2+]C([NH3+])C[NH3+])c1cn(CC(C)O)cc1C(O)O.C=CCCCn1cc(/C(=C\C(/C=C(\C)CCCCCC)C(C)C)CCNC(=O)C(=O)NC)c(C(O)O)c1. The lowest BCUT2D eigenvalue weighted by Crippen LogP contribution is -3.05. The van der Waals surface area contributed by atoms with E-state index >= 15 is 0 Å². The summed E-state index contributed by atoms with van der Waals surface area (Å²) in [5.74, 6) is -0.719. The standard InChI is InChI=1S/C31H56N4O3.C30H49N3O4.C29H49NO5.C27H39NO5/c1-6-9-13-25(7-2)14-11-10-12-23(4)15-16-26(8-3)27(17-18-34-30(33)19-32)28-21-35(20-24(5)36)22-29(28)31(37)38;1-7-9-11-12-14-23(5)18-25(22(3)4)19-24(15-16-32-29(35)28(34)31-6)26-20-33(17-13-10-8-2)21-27(26)30(36)37;1-6-9-10-11-12-13-22(5)14-15-23(8-3)17-25(28(32)33)26-18-30(19-27(26)29(34)35)24(20-31)16-21(4)7-2;1-6-19(3)12-10-8-9-11-13-20(4)14-22(7-2)21(5)25(18-29)23-15-28(17-26(30)31)16-24(23)27(32)33/h6,15,21-22,24-25,30-31,34,36-38H,1,7-14,16-20,32-33H2,2-5H3;8,18-22,25,30,36-37H,2,7,9-17H2,1,3-6H3,(H,31,34)(H,32,35);7,14,17-19,23-24,28-29,31-35H,6,8-13,15-16,20H2,1-5H3;6-7,14-16,18-19,22,27,32-33H,1-2,8-13,17H2,3-5H3,(H,30,31)/p+3/b23-15+,27-26-;23-18+,24-19-;21-7+,22-14+,25-17+;20-14+,25-21-. The largest absolute Gasteiger partial charge is 0.480 e. The van der Waals surface area contributed by atoms with Gasteiger partial charge in [0.2, 0.25) is 0 Å². The van der Waals surface area contributed by atoms with E-state index in [1.165, 1.54) is 167 Å². The molecule has 23 N–H and O–H groups in total. The molecule has 0 aliphatic rings. The molecule has 0 aromatic carbocycles. The molecular formula is C117H196N9O17+3. The Hall–Kier alpha value is -8.78. The van der Waals surface area contributed by atoms with Gasteiger partial charge in [0.25, 0.3) is 6.17 Å². The summed E-state index contributed by atoms with van der Waals surface area (Å²) < 4.78 is 6.90. The number of amides is 2. The summed E-state index contributed by atoms with van der Waals surface area (Å²) in [6.45, 7) is 51.5. The molecule has 4 heterocycles. The van der Waals surface area contributed by atoms with Crippen molar-refractivity contribution in [3.8, 4) is 0 Å². The minimum atomic E-state index is -1.83. The molecule has 0 bridgehead atoms. The quantitative estimate of drug-likeness (QED) is 0.00487. The smallest absolute Gasteiger partial charge is 0.323 e. The molecule has 4 aromatic rings. The first-order valence-electron chi connectivity index (χ1n) is 53.2. The molecule has 0 fully saturated rings. The van der Waals surface area contributed by atoms with Crippen molar-refractivity contribution in [2.75, 3.05) is 33.3 Å². The third-order valence-electron chi connectivity index (χ3n) is 26.9. The first-order valence-corrected chi connectivity index (χ1v) is 53.2. The number of quaternary nitrogens is 3. The molecule has 26 nitrogen and oxygen atoms in total. The van der Waals surface area contributed by atoms with E-state index in [0.29, 0.717) is 70.9 Å². The van der Waals surface area contributed by atoms with Crippen LogP contribution in [0.3, 0.4) is 0 Å². The molecule has 8 atom stereocenters. The minimum absolute atomic E-state index is 0.0767. The normalized spacial score (nSPS) is 14.7. The lowest BCUT2D eigenvalue weighted by molar-refractivity contribution is -0.826. The van der Waals surface area contributed by atoms with Gasteiger partial charge in [0.05, 0.1) is 25.3 Å². The monoisotopic (exact) mass is 2000 g/mol. The summed E-state index contributed by atoms with van der Waals surface area (Å²) in [6, 6.07) is -0.292. The van der Waals surface area contributed by atoms with Crippen LogP contribution in [0, 0.1) is 35.5 Å². The molecule has 0 saturated carbocycles. The van der Waals surface area contributed by atoms with Gasteiger partial charge in [0.1, 0.15) is 6.54 Å². The second kappa shape index (κ2) is 76.7. The Balaban J connectivity index is 0.000000955. The molecule has 143 heavy (non-hydrogen) atoms. The number of aromatic nitrogens is 4. The van der Waals surface area contributed by atoms with Crippen molar-refractivity contribution in [1.82, 2.24) is 28.9 Å². The summed E-state index contributed by atoms with van der Waals surface area (Å²) >= 11 is 0. The molecule has 0 saturated heterocycles. The number of aryl methyl sites for hydroxylation is 1. The van der Waals surface area contributed by atoms with E-state index in [0.717, 1.165) is 138 Å². The van der Waals surface area contributed by atoms with Crippen molar-refractivity contribution in [2.45, 2.75) is 392 Å². The molecule has 2 amide bonds. The highest BCUT2D eigenvalue weighted by Crippen LogP contribution is 2.38. The zero-order valence-corrected chi connectivity index (χ0v) is 91.0. The Morgan fingerprint density at radius 3 is 1.61 bits per heavy atom. The maximum absolute atomic E-state index is 12.0. The number of carbonyl (C=O) groups excluding carboxylic acids is 3. The number of rotatable bonds is 71. The highest BCUT2D eigenvalue weighted by atomic mass is 16.5. The van der Waals surface area contributed by atoms with Crippen LogP contribution >= 0.6 is 0 Å². The molecule has 0 aliphatic carbocycles. The summed E-state index contributed by atoms with van der Waals surface area (Å²) in [5, 5.41) is 137. The number of nitrogens with two attached hydrogens (primary N) is 1. The number of likely N-dealkylation sites (N-methyl/N-ethyl adjacent to an activating group) is 1. The number of aldehydes is 1. The molecule has 0 aliphatic heterocycles. The van der Waals surface area contributed by atoms with Crippen LogP contribution < -0.4 is 27.4 Å². The number of nitrogens with zero attached hydrogens (tertiary/aromatic N) is 4. The molecule has 808 valence electrons. The van der Waals surface area contributed by atoms with Gasteiger partial charge in [-0.1, -0.05) is 245 Å². The predicted octanol–water partition coefficient (Wildman–Crippen LogP) is 19.1. The number of carbonyl (C=O) groups is 4. The lowest BCUT2D eigenvalue weighted by atomic mass is 9.88. The first kappa shape index (κ1) is 132. The summed E-state index contributed by atoms with van der Waals surface area (Å²) in [6.07, 6.45) is 63.5. The van der Waals surface area contributed by atoms with Crippen LogP contribution in [-0.2, 0) is 38.8 Å². The van der Waals surface area contributed by atoms with Crippen LogP contribution in [0.2, 0.25) is 0 Å². The maximum atomic E-state index is 12.0. The van der Waals surface area contributed by atoms with Crippen molar-refractivity contribution in [3.05, 3.63) is 226 Å². The number of hydrogen-bond acceptors (Lipinski definition) is 16. The Bertz CT molecular complexity index is 4600. The van der Waals surface area contributed by atoms with Crippen LogP contribution in [-0.4, -0.2) is 161 Å². The van der Waals surface area contributed by atoms with Gasteiger partial charge in [0, 0.05) is 144 Å². The Morgan fingerprint density at radius 1 is 0.545 bits per heavy atom. The zero-order chi connectivity index (χ0) is 108. The molecular weight excluding hydrogens is 1800 g/mol. The van der Waals surface area contributed by atoms with Crippen LogP contribution in [0.25, 0.3) is 22.3 Å². The summed E-state index contributed by atoms with van der Waals surface area (Å²) in [7, 11) is 1.42. The van der Waals surface area contributed by atoms with Crippen molar-refractivity contribution in [1.29, 1.82) is 0 Å². The van der Waals surface area contributed by atoms with E-state index in [2.05, 4.69) is 167 Å². The maximum Gasteiger partial charge on any atom is 0.323 e. The average Bonchev–Trinajstić information content (AvgIpc) is 1.67. The third kappa shape index (κ3) is 53.4. The van der Waals surface area contributed by atoms with Crippen molar-refractivity contribution in [2.24, 2.45) is 35.5 Å². The molecule has 26 heteroatoms. The first-order chi connectivity index (χ1) is 68.1. The van der Waals surface area contributed by atoms with Crippen molar-refractivity contribution < 1.29 is 102 Å². The fourth-order valence-electron chi connectivity index (χ4n) is 17.5. The Morgan fingerprint density at radius 2 is 1.08 bits per heavy atom. The van der Waals surface area contributed by atoms with Gasteiger partial charge >= 0.3 is 17.8 Å². The van der Waals surface area contributed by atoms with E-state index in [4.69, 9.17) is 5.11 Å². The number of aliphatic carboxylic acids is 1. The molecule has 4 rings (SSSR count). The highest BCUT2D eigenvalue weighted by molar-refractivity contribution is 6.35. The molecule has 8 unspecified atom stereocenters. The van der Waals surface area contributed by atoms with Crippen molar-refractivity contribution >= 4 is 46.4 Å². The van der Waals surface area contributed by atoms with Crippen LogP contribution in [0.1, 0.15) is 398 Å². The highest BCUT2D eigenvalue weighted by Gasteiger charge is 2.28. The van der Waals surface area contributed by atoms with Crippen molar-refractivity contribution in [3.63, 3.8) is 0 Å². The number of carboxylic acid groups (broad SMARTS) is 1. The number of unbranched alkanes of at least 4 members (excludes halogenated alkanes) is 12. The third-order valence-corrected chi connectivity index (χ3v) is 26.9. The fourth-order valence-corrected chi connectivity index (χ4v) is 17.5. The minimum Gasteiger partial charge on any atom is -0.480 e. The number of allylic oxidation sites excluding steroid dienone is 19. The van der Waals surface area contributed by atoms with Crippen LogP contribution in [0.4, 0.5) is 0 Å². The zero-order valence-electron chi connectivity index (χ0n) is 91.0. The topological polar surface area (TPSA) is 447 Å². The van der Waals surface area contributed by atoms with Crippen LogP contribution in [0.5, 0.6) is 0 Å². The fraction of sp³-hybridized carbons (Fsp3) is 0.607. The van der Waals surface area contributed by atoms with Gasteiger partial charge in [-0.15, -0.1) is 26.3 Å². The number of nitrogens with one attached hydrogen (secondary N) is 2. The Kier molecular flexibility index (Phi) is 71.0. The number of aliphatic hydroxyl groups is 12. The molecule has 0 radical (unpaired) electrons. The number of aliphatic hydroxyl groups excluding tert-OH is 7. The summed E-state index contributed by atoms with van der Waals surface area (Å²) in [4.78, 5) is 46.7. The molecule has 4 aromatic heterocycles. The van der Waals surface area contributed by atoms with Crippen LogP contribution in [0.15, 0.2) is 182 Å². The van der Waals surface area contributed by atoms with E-state index in [9.17, 15) is 80.5 Å². The second-order valence-electron chi connectivity index (χ2n) is 39.5. The molecule has 0 spiro atoms. The van der Waals surface area contributed by atoms with Gasteiger partial charge in [-0.2, -0.15) is 0 Å². The van der Waals surface area contributed by atoms with E-state index in [1.54, 1.807) is 42.4 Å². The second-order valence-corrected chi connectivity index (χ2v) is 39.5. The van der Waals surface area contributed by atoms with E-state index in [-0.39, 0.29) is 66.4 Å².